The number of aliphatic hydroxyl groups excluding tert-OH is 4. The average Bonchev–Trinajstić information content (AvgIpc) is 2.64. The number of hydrogen-bond acceptors (Lipinski definition) is 10. The molecule has 3 rings (SSSR count). The molecular weight excluding hydrogens is 352 g/mol. The first-order valence-corrected chi connectivity index (χ1v) is 7.68. The van der Waals surface area contributed by atoms with Crippen molar-refractivity contribution in [2.45, 2.75) is 30.7 Å². The van der Waals surface area contributed by atoms with Crippen LogP contribution in [0.1, 0.15) is 0 Å². The minimum absolute atomic E-state index is 0.00550. The maximum atomic E-state index is 11.5. The number of ether oxygens (including phenoxy) is 3. The van der Waals surface area contributed by atoms with Crippen LogP contribution in [-0.2, 0) is 4.74 Å². The van der Waals surface area contributed by atoms with Crippen molar-refractivity contribution >= 4 is 11.0 Å². The number of hydrogen-bond donors (Lipinski definition) is 5. The van der Waals surface area contributed by atoms with E-state index < -0.39 is 48.7 Å². The van der Waals surface area contributed by atoms with E-state index in [2.05, 4.69) is 0 Å². The van der Waals surface area contributed by atoms with Crippen molar-refractivity contribution < 1.29 is 44.2 Å². The fraction of sp³-hybridized carbons (Fsp3) is 0.438. The van der Waals surface area contributed by atoms with Crippen molar-refractivity contribution in [3.63, 3.8) is 0 Å². The summed E-state index contributed by atoms with van der Waals surface area (Å²) in [6.07, 6.45) is -7.72. The first-order valence-electron chi connectivity index (χ1n) is 7.68. The van der Waals surface area contributed by atoms with E-state index in [4.69, 9.17) is 18.6 Å². The minimum atomic E-state index is -1.70. The van der Waals surface area contributed by atoms with Crippen molar-refractivity contribution in [2.75, 3.05) is 13.7 Å². The Morgan fingerprint density at radius 1 is 1.15 bits per heavy atom. The van der Waals surface area contributed by atoms with Gasteiger partial charge in [-0.1, -0.05) is 0 Å². The lowest BCUT2D eigenvalue weighted by Gasteiger charge is -2.39. The van der Waals surface area contributed by atoms with Crippen molar-refractivity contribution in [3.05, 3.63) is 28.6 Å². The van der Waals surface area contributed by atoms with Crippen LogP contribution in [0, 0.1) is 0 Å². The van der Waals surface area contributed by atoms with Gasteiger partial charge in [0.25, 0.3) is 0 Å². The molecule has 10 nitrogen and oxygen atoms in total. The molecule has 5 atom stereocenters. The molecule has 2 heterocycles. The highest BCUT2D eigenvalue weighted by atomic mass is 16.7. The predicted molar refractivity (Wildman–Crippen MR) is 85.1 cm³/mol. The second-order valence-electron chi connectivity index (χ2n) is 5.74. The molecule has 1 aliphatic heterocycles. The van der Waals surface area contributed by atoms with E-state index in [9.17, 15) is 30.3 Å². The number of phenolic OH excluding ortho intramolecular Hbond substituents is 1. The molecule has 5 N–H and O–H groups in total. The van der Waals surface area contributed by atoms with Gasteiger partial charge in [0.05, 0.1) is 13.7 Å². The van der Waals surface area contributed by atoms with Crippen LogP contribution in [0.5, 0.6) is 17.2 Å². The molecule has 1 aliphatic rings. The molecule has 0 saturated carbocycles. The second kappa shape index (κ2) is 7.09. The quantitative estimate of drug-likeness (QED) is 0.409. The lowest BCUT2D eigenvalue weighted by Crippen LogP contribution is -2.60. The Kier molecular flexibility index (Phi) is 5.03. The Morgan fingerprint density at radius 2 is 1.88 bits per heavy atom. The zero-order chi connectivity index (χ0) is 19.0. The third kappa shape index (κ3) is 3.08. The van der Waals surface area contributed by atoms with E-state index in [0.29, 0.717) is 5.39 Å². The predicted octanol–water partition coefficient (Wildman–Crippen LogP) is -1.31. The topological polar surface area (TPSA) is 159 Å². The first kappa shape index (κ1) is 18.4. The number of phenols is 1. The van der Waals surface area contributed by atoms with Crippen LogP contribution in [0.2, 0.25) is 0 Å². The molecule has 10 heteroatoms. The van der Waals surface area contributed by atoms with Crippen LogP contribution < -0.4 is 15.1 Å². The molecule has 0 amide bonds. The largest absolute Gasteiger partial charge is 0.502 e. The molecule has 1 aromatic heterocycles. The van der Waals surface area contributed by atoms with Crippen LogP contribution >= 0.6 is 0 Å². The van der Waals surface area contributed by atoms with Crippen LogP contribution in [0.4, 0.5) is 0 Å². The number of aliphatic hydroxyl groups is 4. The van der Waals surface area contributed by atoms with Crippen molar-refractivity contribution in [3.8, 4) is 17.2 Å². The molecule has 1 saturated heterocycles. The Morgan fingerprint density at radius 3 is 2.54 bits per heavy atom. The van der Waals surface area contributed by atoms with Gasteiger partial charge in [-0.2, -0.15) is 0 Å². The summed E-state index contributed by atoms with van der Waals surface area (Å²) in [5, 5.41) is 49.6. The highest BCUT2D eigenvalue weighted by Gasteiger charge is 2.45. The highest BCUT2D eigenvalue weighted by Crippen LogP contribution is 2.43. The van der Waals surface area contributed by atoms with Crippen LogP contribution in [-0.4, -0.2) is 70.0 Å². The highest BCUT2D eigenvalue weighted by molar-refractivity contribution is 5.87. The molecule has 2 aromatic rings. The van der Waals surface area contributed by atoms with E-state index in [1.54, 1.807) is 0 Å². The Labute approximate surface area is 146 Å². The van der Waals surface area contributed by atoms with E-state index in [0.717, 1.165) is 6.07 Å². The van der Waals surface area contributed by atoms with Crippen LogP contribution in [0.15, 0.2) is 27.4 Å². The summed E-state index contributed by atoms with van der Waals surface area (Å²) in [6, 6.07) is 3.99. The van der Waals surface area contributed by atoms with Gasteiger partial charge in [0, 0.05) is 11.5 Å². The molecule has 0 spiro atoms. The number of fused-ring (bicyclic) bond motifs is 1. The summed E-state index contributed by atoms with van der Waals surface area (Å²) in [7, 11) is 1.30. The van der Waals surface area contributed by atoms with Gasteiger partial charge >= 0.3 is 5.63 Å². The summed E-state index contributed by atoms with van der Waals surface area (Å²) in [6.45, 7) is -0.648. The number of benzene rings is 1. The van der Waals surface area contributed by atoms with Gasteiger partial charge in [0.15, 0.2) is 11.3 Å². The monoisotopic (exact) mass is 370 g/mol. The van der Waals surface area contributed by atoms with E-state index in [-0.39, 0.29) is 17.1 Å². The molecule has 0 aliphatic carbocycles. The first-order chi connectivity index (χ1) is 12.4. The van der Waals surface area contributed by atoms with Crippen molar-refractivity contribution in [1.29, 1.82) is 0 Å². The molecule has 1 aromatic carbocycles. The molecule has 0 radical (unpaired) electrons. The van der Waals surface area contributed by atoms with Crippen molar-refractivity contribution in [1.82, 2.24) is 0 Å². The third-order valence-corrected chi connectivity index (χ3v) is 4.11. The lowest BCUT2D eigenvalue weighted by molar-refractivity contribution is -0.277. The molecule has 0 unspecified atom stereocenters. The zero-order valence-electron chi connectivity index (χ0n) is 13.6. The van der Waals surface area contributed by atoms with Gasteiger partial charge < -0.3 is 44.2 Å². The fourth-order valence-corrected chi connectivity index (χ4v) is 2.69. The summed E-state index contributed by atoms with van der Waals surface area (Å²) in [4.78, 5) is 11.5. The molecule has 142 valence electrons. The summed E-state index contributed by atoms with van der Waals surface area (Å²) in [5.74, 6) is -0.876. The van der Waals surface area contributed by atoms with E-state index in [1.807, 2.05) is 0 Å². The number of aromatic hydroxyl groups is 1. The second-order valence-corrected chi connectivity index (χ2v) is 5.74. The fourth-order valence-electron chi connectivity index (χ4n) is 2.69. The summed E-state index contributed by atoms with van der Waals surface area (Å²) >= 11 is 0. The average molecular weight is 370 g/mol. The van der Waals surface area contributed by atoms with E-state index in [1.165, 1.54) is 19.2 Å². The standard InChI is InChI=1S/C16H18O10/c1-23-7-4-6-2-3-9(18)25-14(6)15(11(7)20)26-16-13(22)12(21)10(19)8(5-17)24-16/h2-4,8,10,12-13,16-17,19-22H,5H2,1H3/t8-,10+,12+,13+,16+/m0/s1. The maximum Gasteiger partial charge on any atom is 0.336 e. The van der Waals surface area contributed by atoms with Crippen LogP contribution in [0.25, 0.3) is 11.0 Å². The van der Waals surface area contributed by atoms with Gasteiger partial charge in [-0.3, -0.25) is 0 Å². The smallest absolute Gasteiger partial charge is 0.336 e. The number of methoxy groups -OCH3 is 1. The SMILES string of the molecule is COc1cc2ccc(=O)oc2c(O[C@H]2O[C@@H](CO)[C@@H](O)[C@@H](O)[C@H]2O)c1O. The maximum absolute atomic E-state index is 11.5. The minimum Gasteiger partial charge on any atom is -0.502 e. The molecule has 0 bridgehead atoms. The number of rotatable bonds is 4. The Balaban J connectivity index is 2.06. The Bertz CT molecular complexity index is 845. The van der Waals surface area contributed by atoms with Crippen LogP contribution in [0.3, 0.4) is 0 Å². The van der Waals surface area contributed by atoms with E-state index >= 15 is 0 Å². The summed E-state index contributed by atoms with van der Waals surface area (Å²) in [5.41, 5.74) is -0.839. The Hall–Kier alpha value is -2.37. The molecular formula is C16H18O10. The van der Waals surface area contributed by atoms with Gasteiger partial charge in [-0.25, -0.2) is 4.79 Å². The van der Waals surface area contributed by atoms with Gasteiger partial charge in [-0.15, -0.1) is 0 Å². The molecule has 1 fully saturated rings. The summed E-state index contributed by atoms with van der Waals surface area (Å²) < 4.78 is 20.8. The zero-order valence-corrected chi connectivity index (χ0v) is 13.6. The van der Waals surface area contributed by atoms with Crippen molar-refractivity contribution in [2.24, 2.45) is 0 Å². The lowest BCUT2D eigenvalue weighted by atomic mass is 9.99. The normalized spacial score (nSPS) is 28.9. The van der Waals surface area contributed by atoms with Gasteiger partial charge in [0.1, 0.15) is 24.4 Å². The third-order valence-electron chi connectivity index (χ3n) is 4.11. The molecule has 26 heavy (non-hydrogen) atoms. The van der Waals surface area contributed by atoms with Gasteiger partial charge in [0.2, 0.25) is 17.8 Å². The van der Waals surface area contributed by atoms with Gasteiger partial charge in [-0.05, 0) is 12.1 Å².